The number of halogens is 1. The maximum Gasteiger partial charge on any atom is 0.328 e. The summed E-state index contributed by atoms with van der Waals surface area (Å²) in [7, 11) is 0. The molecule has 1 aromatic heterocycles. The molecule has 0 bridgehead atoms. The molecule has 0 aliphatic heterocycles. The molecule has 2 N–H and O–H groups in total. The molecule has 38 heavy (non-hydrogen) atoms. The van der Waals surface area contributed by atoms with Crippen molar-refractivity contribution in [3.05, 3.63) is 131 Å². The summed E-state index contributed by atoms with van der Waals surface area (Å²) in [5.41, 5.74) is 6.81. The van der Waals surface area contributed by atoms with Crippen molar-refractivity contribution in [3.63, 3.8) is 0 Å². The summed E-state index contributed by atoms with van der Waals surface area (Å²) < 4.78 is 20.1. The fourth-order valence-electron chi connectivity index (χ4n) is 4.47. The molecule has 0 spiro atoms. The summed E-state index contributed by atoms with van der Waals surface area (Å²) in [5.74, 6) is -0.705. The van der Waals surface area contributed by atoms with Gasteiger partial charge in [-0.3, -0.25) is 5.10 Å². The molecule has 0 amide bonds. The molecule has 1 heterocycles. The topological polar surface area (TPSA) is 75.2 Å². The number of carboxylic acid groups (broad SMARTS) is 1. The average molecular weight is 505 g/mol. The van der Waals surface area contributed by atoms with Crippen molar-refractivity contribution in [2.45, 2.75) is 13.3 Å². The number of fused-ring (bicyclic) bond motifs is 1. The van der Waals surface area contributed by atoms with E-state index in [0.29, 0.717) is 5.75 Å². The van der Waals surface area contributed by atoms with Crippen LogP contribution in [0.25, 0.3) is 28.1 Å². The molecule has 0 aliphatic carbocycles. The Bertz CT molecular complexity index is 1670. The van der Waals surface area contributed by atoms with Crippen LogP contribution >= 0.6 is 0 Å². The first-order valence-electron chi connectivity index (χ1n) is 12.2. The van der Waals surface area contributed by atoms with E-state index in [1.54, 1.807) is 30.5 Å². The molecule has 0 radical (unpaired) electrons. The van der Waals surface area contributed by atoms with Gasteiger partial charge >= 0.3 is 5.97 Å². The maximum atomic E-state index is 14.2. The normalized spacial score (nSPS) is 12.1. The van der Waals surface area contributed by atoms with E-state index < -0.39 is 11.8 Å². The molecule has 5 rings (SSSR count). The number of rotatable bonds is 8. The Hall–Kier alpha value is -4.97. The zero-order valence-electron chi connectivity index (χ0n) is 20.7. The second-order valence-corrected chi connectivity index (χ2v) is 8.73. The quantitative estimate of drug-likeness (QED) is 0.166. The number of nitrogens with one attached hydrogen (secondary N) is 1. The van der Waals surface area contributed by atoms with Gasteiger partial charge < -0.3 is 9.84 Å². The molecule has 0 unspecified atom stereocenters. The highest BCUT2D eigenvalue weighted by molar-refractivity contribution is 6.00. The second-order valence-electron chi connectivity index (χ2n) is 8.73. The second kappa shape index (κ2) is 11.0. The predicted octanol–water partition coefficient (Wildman–Crippen LogP) is 7.96. The minimum atomic E-state index is -0.992. The number of aromatic amines is 1. The number of para-hydroxylation sites is 1. The summed E-state index contributed by atoms with van der Waals surface area (Å²) in [6, 6.07) is 27.9. The number of allylic oxidation sites excluding steroid dienone is 1. The monoisotopic (exact) mass is 504 g/mol. The van der Waals surface area contributed by atoms with Gasteiger partial charge in [0.05, 0.1) is 11.7 Å². The largest absolute Gasteiger partial charge is 0.478 e. The zero-order chi connectivity index (χ0) is 26.5. The van der Waals surface area contributed by atoms with Gasteiger partial charge in [0, 0.05) is 11.5 Å². The Morgan fingerprint density at radius 3 is 2.50 bits per heavy atom. The number of carbonyl (C=O) groups is 1. The van der Waals surface area contributed by atoms with Crippen LogP contribution in [0.4, 0.5) is 4.39 Å². The van der Waals surface area contributed by atoms with E-state index in [2.05, 4.69) is 29.3 Å². The minimum absolute atomic E-state index is 0.169. The number of carboxylic acids is 1. The van der Waals surface area contributed by atoms with E-state index in [1.165, 1.54) is 6.07 Å². The number of hydrogen-bond acceptors (Lipinski definition) is 3. The van der Waals surface area contributed by atoms with Crippen molar-refractivity contribution in [1.29, 1.82) is 0 Å². The van der Waals surface area contributed by atoms with Gasteiger partial charge in [-0.2, -0.15) is 5.10 Å². The summed E-state index contributed by atoms with van der Waals surface area (Å²) in [6.45, 7) is 2.10. The van der Waals surface area contributed by atoms with Gasteiger partial charge in [0.2, 0.25) is 0 Å². The molecule has 188 valence electrons. The van der Waals surface area contributed by atoms with Gasteiger partial charge in [0.25, 0.3) is 0 Å². The first-order chi connectivity index (χ1) is 18.5. The van der Waals surface area contributed by atoms with Crippen LogP contribution in [0.2, 0.25) is 0 Å². The molecule has 6 heteroatoms. The standard InChI is InChI=1S/C32H25FN2O3/c1-2-27(23-6-5-7-26(19-23)38-30-9-4-3-8-28(30)33)32(24-15-16-29-25(18-24)20-34-35-29)22-13-10-21(11-14-22)12-17-31(36)37/h3-20H,2H2,1H3,(H,34,35)(H,36,37)/b17-12+,32-27+. The molecule has 0 aliphatic rings. The molecule has 0 fully saturated rings. The van der Waals surface area contributed by atoms with Gasteiger partial charge in [-0.25, -0.2) is 9.18 Å². The Morgan fingerprint density at radius 2 is 1.74 bits per heavy atom. The van der Waals surface area contributed by atoms with E-state index in [4.69, 9.17) is 9.84 Å². The molecule has 5 nitrogen and oxygen atoms in total. The van der Waals surface area contributed by atoms with Crippen LogP contribution in [-0.2, 0) is 4.79 Å². The first kappa shape index (κ1) is 24.7. The SMILES string of the molecule is CC/C(=C(/c1ccc(/C=C/C(=O)O)cc1)c1ccc2[nH]ncc2c1)c1cccc(Oc2ccccc2F)c1. The number of ether oxygens (including phenoxy) is 1. The molecule has 0 saturated carbocycles. The van der Waals surface area contributed by atoms with Crippen molar-refractivity contribution < 1.29 is 19.0 Å². The van der Waals surface area contributed by atoms with Crippen LogP contribution in [0.3, 0.4) is 0 Å². The van der Waals surface area contributed by atoms with Gasteiger partial charge in [-0.05, 0) is 82.3 Å². The van der Waals surface area contributed by atoms with Crippen LogP contribution < -0.4 is 4.74 Å². The van der Waals surface area contributed by atoms with Crippen LogP contribution in [0, 0.1) is 5.82 Å². The summed E-state index contributed by atoms with van der Waals surface area (Å²) >= 11 is 0. The highest BCUT2D eigenvalue weighted by atomic mass is 19.1. The van der Waals surface area contributed by atoms with Crippen LogP contribution in [-0.4, -0.2) is 21.3 Å². The van der Waals surface area contributed by atoms with E-state index in [0.717, 1.165) is 56.8 Å². The third kappa shape index (κ3) is 5.39. The predicted molar refractivity (Wildman–Crippen MR) is 148 cm³/mol. The van der Waals surface area contributed by atoms with Crippen molar-refractivity contribution >= 4 is 34.1 Å². The van der Waals surface area contributed by atoms with E-state index in [-0.39, 0.29) is 5.75 Å². The Labute approximate surface area is 219 Å². The fraction of sp³-hybridized carbons (Fsp3) is 0.0625. The van der Waals surface area contributed by atoms with Crippen molar-refractivity contribution in [3.8, 4) is 11.5 Å². The molecule has 4 aromatic carbocycles. The minimum Gasteiger partial charge on any atom is -0.478 e. The lowest BCUT2D eigenvalue weighted by molar-refractivity contribution is -0.131. The summed E-state index contributed by atoms with van der Waals surface area (Å²) in [4.78, 5) is 10.9. The molecule has 5 aromatic rings. The maximum absolute atomic E-state index is 14.2. The van der Waals surface area contributed by atoms with Gasteiger partial charge in [0.1, 0.15) is 5.75 Å². The third-order valence-corrected chi connectivity index (χ3v) is 6.25. The Kier molecular flexibility index (Phi) is 7.13. The number of benzene rings is 4. The number of hydrogen-bond donors (Lipinski definition) is 2. The molecular formula is C32H25FN2O3. The van der Waals surface area contributed by atoms with Crippen LogP contribution in [0.5, 0.6) is 11.5 Å². The smallest absolute Gasteiger partial charge is 0.328 e. The van der Waals surface area contributed by atoms with E-state index >= 15 is 0 Å². The number of H-pyrrole nitrogens is 1. The average Bonchev–Trinajstić information content (AvgIpc) is 3.40. The molecule has 0 atom stereocenters. The first-order valence-corrected chi connectivity index (χ1v) is 12.2. The van der Waals surface area contributed by atoms with Crippen molar-refractivity contribution in [2.75, 3.05) is 0 Å². The lowest BCUT2D eigenvalue weighted by Crippen LogP contribution is -1.96. The van der Waals surface area contributed by atoms with E-state index in [9.17, 15) is 9.18 Å². The van der Waals surface area contributed by atoms with Crippen LogP contribution in [0.15, 0.2) is 103 Å². The summed E-state index contributed by atoms with van der Waals surface area (Å²) in [5, 5.41) is 17.1. The Morgan fingerprint density at radius 1 is 0.947 bits per heavy atom. The van der Waals surface area contributed by atoms with Crippen molar-refractivity contribution in [1.82, 2.24) is 10.2 Å². The zero-order valence-corrected chi connectivity index (χ0v) is 20.7. The molecule has 0 saturated heterocycles. The van der Waals surface area contributed by atoms with Gasteiger partial charge in [-0.15, -0.1) is 0 Å². The highest BCUT2D eigenvalue weighted by Gasteiger charge is 2.15. The molecular weight excluding hydrogens is 479 g/mol. The lowest BCUT2D eigenvalue weighted by atomic mass is 9.87. The number of aliphatic carboxylic acids is 1. The third-order valence-electron chi connectivity index (χ3n) is 6.25. The number of nitrogens with zero attached hydrogens (tertiary/aromatic N) is 1. The lowest BCUT2D eigenvalue weighted by Gasteiger charge is -2.17. The Balaban J connectivity index is 1.64. The van der Waals surface area contributed by atoms with Gasteiger partial charge in [-0.1, -0.05) is 61.5 Å². The fourth-order valence-corrected chi connectivity index (χ4v) is 4.47. The highest BCUT2D eigenvalue weighted by Crippen LogP contribution is 2.37. The van der Waals surface area contributed by atoms with Crippen LogP contribution in [0.1, 0.15) is 35.6 Å². The van der Waals surface area contributed by atoms with Crippen molar-refractivity contribution in [2.24, 2.45) is 0 Å². The summed E-state index contributed by atoms with van der Waals surface area (Å²) in [6.07, 6.45) is 5.21. The van der Waals surface area contributed by atoms with E-state index in [1.807, 2.05) is 54.6 Å². The number of aromatic nitrogens is 2. The van der Waals surface area contributed by atoms with Gasteiger partial charge in [0.15, 0.2) is 11.6 Å².